The topological polar surface area (TPSA) is 75.6 Å². The number of aliphatic imine (C=N–C) groups is 1. The Bertz CT molecular complexity index is 649. The van der Waals surface area contributed by atoms with Gasteiger partial charge in [0.1, 0.15) is 0 Å². The predicted octanol–water partition coefficient (Wildman–Crippen LogP) is 2.21. The summed E-state index contributed by atoms with van der Waals surface area (Å²) in [7, 11) is 5.04. The molecule has 0 saturated carbocycles. The molecule has 1 amide bonds. The minimum Gasteiger partial charge on any atom is -0.493 e. The number of rotatable bonds is 6. The summed E-state index contributed by atoms with van der Waals surface area (Å²) in [6.07, 6.45) is 0.593. The van der Waals surface area contributed by atoms with Gasteiger partial charge in [-0.15, -0.1) is 24.0 Å². The maximum atomic E-state index is 11.8. The van der Waals surface area contributed by atoms with Crippen LogP contribution in [-0.4, -0.2) is 82.5 Å². The first-order valence-corrected chi connectivity index (χ1v) is 9.21. The van der Waals surface area contributed by atoms with Crippen molar-refractivity contribution in [3.05, 3.63) is 23.8 Å². The van der Waals surface area contributed by atoms with Gasteiger partial charge in [-0.1, -0.05) is 6.07 Å². The highest BCUT2D eigenvalue weighted by atomic mass is 127. The second kappa shape index (κ2) is 12.5. The van der Waals surface area contributed by atoms with Crippen LogP contribution in [0.3, 0.4) is 0 Å². The van der Waals surface area contributed by atoms with Gasteiger partial charge in [0, 0.05) is 39.8 Å². The van der Waals surface area contributed by atoms with Gasteiger partial charge in [0.05, 0.1) is 20.8 Å². The summed E-state index contributed by atoms with van der Waals surface area (Å²) in [4.78, 5) is 20.0. The minimum absolute atomic E-state index is 0. The number of hydrogen-bond donors (Lipinski definition) is 1. The maximum Gasteiger partial charge on any atom is 0.409 e. The van der Waals surface area contributed by atoms with Crippen molar-refractivity contribution in [3.8, 4) is 11.5 Å². The molecule has 8 nitrogen and oxygen atoms in total. The van der Waals surface area contributed by atoms with Crippen molar-refractivity contribution in [1.82, 2.24) is 15.1 Å². The number of halogens is 1. The number of nitrogens with one attached hydrogen (secondary N) is 1. The Balaban J connectivity index is 0.00000392. The third-order valence-corrected chi connectivity index (χ3v) is 4.46. The molecule has 1 fully saturated rings. The number of hydrogen-bond acceptors (Lipinski definition) is 5. The molecule has 1 aromatic rings. The highest BCUT2D eigenvalue weighted by Crippen LogP contribution is 2.27. The molecule has 0 spiro atoms. The van der Waals surface area contributed by atoms with Gasteiger partial charge in [0.2, 0.25) is 0 Å². The van der Waals surface area contributed by atoms with E-state index in [4.69, 9.17) is 14.2 Å². The molecule has 1 N–H and O–H groups in total. The first kappa shape index (κ1) is 24.1. The Kier molecular flexibility index (Phi) is 10.8. The van der Waals surface area contributed by atoms with Crippen LogP contribution in [0.5, 0.6) is 11.5 Å². The van der Waals surface area contributed by atoms with Crippen molar-refractivity contribution in [2.24, 2.45) is 4.99 Å². The number of piperazine rings is 1. The molecule has 0 aliphatic carbocycles. The smallest absolute Gasteiger partial charge is 0.409 e. The molecule has 9 heteroatoms. The summed E-state index contributed by atoms with van der Waals surface area (Å²) in [5.41, 5.74) is 1.16. The van der Waals surface area contributed by atoms with Gasteiger partial charge < -0.3 is 29.3 Å². The van der Waals surface area contributed by atoms with Gasteiger partial charge in [-0.2, -0.15) is 0 Å². The Morgan fingerprint density at radius 3 is 2.32 bits per heavy atom. The van der Waals surface area contributed by atoms with E-state index in [1.165, 1.54) is 0 Å². The zero-order valence-corrected chi connectivity index (χ0v) is 19.4. The predicted molar refractivity (Wildman–Crippen MR) is 120 cm³/mol. The van der Waals surface area contributed by atoms with Gasteiger partial charge in [0.15, 0.2) is 17.5 Å². The fourth-order valence-electron chi connectivity index (χ4n) is 3.00. The van der Waals surface area contributed by atoms with E-state index in [2.05, 4.69) is 15.2 Å². The van der Waals surface area contributed by atoms with Crippen molar-refractivity contribution in [2.45, 2.75) is 13.3 Å². The fourth-order valence-corrected chi connectivity index (χ4v) is 3.00. The van der Waals surface area contributed by atoms with Crippen molar-refractivity contribution in [2.75, 3.05) is 60.6 Å². The van der Waals surface area contributed by atoms with Crippen LogP contribution in [0.4, 0.5) is 4.79 Å². The third-order valence-electron chi connectivity index (χ3n) is 4.46. The van der Waals surface area contributed by atoms with Crippen LogP contribution in [0, 0.1) is 0 Å². The molecule has 0 aromatic heterocycles. The van der Waals surface area contributed by atoms with E-state index in [1.807, 2.05) is 25.1 Å². The number of ether oxygens (including phenoxy) is 3. The summed E-state index contributed by atoms with van der Waals surface area (Å²) in [6.45, 7) is 5.70. The summed E-state index contributed by atoms with van der Waals surface area (Å²) in [6, 6.07) is 5.93. The lowest BCUT2D eigenvalue weighted by Crippen LogP contribution is -2.54. The fraction of sp³-hybridized carbons (Fsp3) is 0.579. The Hall–Kier alpha value is -1.91. The lowest BCUT2D eigenvalue weighted by atomic mass is 10.1. The monoisotopic (exact) mass is 506 g/mol. The average Bonchev–Trinajstić information content (AvgIpc) is 2.71. The number of carbonyl (C=O) groups is 1. The average molecular weight is 506 g/mol. The molecule has 1 heterocycles. The summed E-state index contributed by atoms with van der Waals surface area (Å²) in [5.74, 6) is 2.30. The van der Waals surface area contributed by atoms with Crippen LogP contribution in [0.2, 0.25) is 0 Å². The van der Waals surface area contributed by atoms with Crippen molar-refractivity contribution < 1.29 is 19.0 Å². The molecule has 2 rings (SSSR count). The standard InChI is InChI=1S/C19H30N4O4.HI/c1-5-27-19(24)23-12-10-22(11-13-23)18(20-2)21-9-8-15-6-7-16(25-3)17(14-15)26-4;/h6-7,14H,5,8-13H2,1-4H3,(H,20,21);1H. The van der Waals surface area contributed by atoms with Gasteiger partial charge in [-0.05, 0) is 31.0 Å². The lowest BCUT2D eigenvalue weighted by Gasteiger charge is -2.35. The molecule has 0 radical (unpaired) electrons. The molecule has 1 aromatic carbocycles. The van der Waals surface area contributed by atoms with Crippen LogP contribution in [0.25, 0.3) is 0 Å². The number of methoxy groups -OCH3 is 2. The molecule has 1 aliphatic heterocycles. The first-order valence-electron chi connectivity index (χ1n) is 9.21. The third kappa shape index (κ3) is 6.61. The second-order valence-corrected chi connectivity index (χ2v) is 6.09. The molecule has 158 valence electrons. The number of nitrogens with zero attached hydrogens (tertiary/aromatic N) is 3. The zero-order valence-electron chi connectivity index (χ0n) is 17.1. The van der Waals surface area contributed by atoms with E-state index in [-0.39, 0.29) is 30.1 Å². The lowest BCUT2D eigenvalue weighted by molar-refractivity contribution is 0.0915. The van der Waals surface area contributed by atoms with E-state index < -0.39 is 0 Å². The highest BCUT2D eigenvalue weighted by molar-refractivity contribution is 14.0. The van der Waals surface area contributed by atoms with E-state index >= 15 is 0 Å². The van der Waals surface area contributed by atoms with Gasteiger partial charge in [-0.3, -0.25) is 4.99 Å². The Labute approximate surface area is 184 Å². The molecule has 1 saturated heterocycles. The van der Waals surface area contributed by atoms with Crippen molar-refractivity contribution in [1.29, 1.82) is 0 Å². The largest absolute Gasteiger partial charge is 0.493 e. The van der Waals surface area contributed by atoms with Crippen molar-refractivity contribution >= 4 is 36.0 Å². The van der Waals surface area contributed by atoms with Crippen LogP contribution in [0.15, 0.2) is 23.2 Å². The zero-order chi connectivity index (χ0) is 19.6. The van der Waals surface area contributed by atoms with E-state index in [0.29, 0.717) is 19.7 Å². The van der Waals surface area contributed by atoms with E-state index in [1.54, 1.807) is 26.2 Å². The molecular formula is C19H31IN4O4. The molecule has 0 bridgehead atoms. The van der Waals surface area contributed by atoms with Crippen LogP contribution < -0.4 is 14.8 Å². The number of amides is 1. The van der Waals surface area contributed by atoms with E-state index in [9.17, 15) is 4.79 Å². The number of carbonyl (C=O) groups excluding carboxylic acids is 1. The number of guanidine groups is 1. The molecule has 0 unspecified atom stereocenters. The molecule has 1 aliphatic rings. The first-order chi connectivity index (χ1) is 13.1. The Morgan fingerprint density at radius 1 is 1.11 bits per heavy atom. The Morgan fingerprint density at radius 2 is 1.75 bits per heavy atom. The van der Waals surface area contributed by atoms with Crippen LogP contribution in [-0.2, 0) is 11.2 Å². The summed E-state index contributed by atoms with van der Waals surface area (Å²) < 4.78 is 15.7. The second-order valence-electron chi connectivity index (χ2n) is 6.09. The summed E-state index contributed by atoms with van der Waals surface area (Å²) in [5, 5.41) is 3.39. The van der Waals surface area contributed by atoms with Gasteiger partial charge in [-0.25, -0.2) is 4.79 Å². The SMILES string of the molecule is CCOC(=O)N1CCN(C(=NC)NCCc2ccc(OC)c(OC)c2)CC1.I. The van der Waals surface area contributed by atoms with Crippen LogP contribution in [0.1, 0.15) is 12.5 Å². The molecule has 0 atom stereocenters. The minimum atomic E-state index is -0.242. The molecule has 28 heavy (non-hydrogen) atoms. The van der Waals surface area contributed by atoms with Gasteiger partial charge in [0.25, 0.3) is 0 Å². The normalized spacial score (nSPS) is 14.2. The van der Waals surface area contributed by atoms with E-state index in [0.717, 1.165) is 49.1 Å². The quantitative estimate of drug-likeness (QED) is 0.363. The molecular weight excluding hydrogens is 475 g/mol. The van der Waals surface area contributed by atoms with Crippen molar-refractivity contribution in [3.63, 3.8) is 0 Å². The highest BCUT2D eigenvalue weighted by Gasteiger charge is 2.23. The maximum absolute atomic E-state index is 11.8. The van der Waals surface area contributed by atoms with Gasteiger partial charge >= 0.3 is 6.09 Å². The van der Waals surface area contributed by atoms with Crippen LogP contribution >= 0.6 is 24.0 Å². The number of benzene rings is 1. The summed E-state index contributed by atoms with van der Waals surface area (Å²) >= 11 is 0.